The van der Waals surface area contributed by atoms with Gasteiger partial charge in [-0.2, -0.15) is 0 Å². The number of hydrogen-bond donors (Lipinski definition) is 1. The van der Waals surface area contributed by atoms with Gasteiger partial charge in [-0.1, -0.05) is 57.3 Å². The third-order valence-corrected chi connectivity index (χ3v) is 3.09. The molecule has 0 rings (SSSR count). The first kappa shape index (κ1) is 18.6. The Balaban J connectivity index is 3.22. The summed E-state index contributed by atoms with van der Waals surface area (Å²) in [7, 11) is 0. The minimum Gasteiger partial charge on any atom is -0.481 e. The SMILES string of the molecule is CCCCC#CC#CCCCCCCCCCC(=O)O. The van der Waals surface area contributed by atoms with Crippen LogP contribution in [0.15, 0.2) is 0 Å². The standard InChI is InChI=1S/C18H28O2/c1-2-3-4-5-6-7-8-9-10-11-12-13-14-15-16-17-18(19)20/h2-4,9-17H2,1H3,(H,19,20). The van der Waals surface area contributed by atoms with Crippen LogP contribution in [-0.2, 0) is 4.79 Å². The first-order valence-corrected chi connectivity index (χ1v) is 7.95. The molecule has 0 aromatic heterocycles. The molecule has 0 atom stereocenters. The Labute approximate surface area is 124 Å². The molecule has 0 spiro atoms. The number of aliphatic carboxylic acids is 1. The lowest BCUT2D eigenvalue weighted by Gasteiger charge is -1.99. The first-order valence-electron chi connectivity index (χ1n) is 7.95. The summed E-state index contributed by atoms with van der Waals surface area (Å²) >= 11 is 0. The van der Waals surface area contributed by atoms with Crippen molar-refractivity contribution >= 4 is 5.97 Å². The van der Waals surface area contributed by atoms with Crippen molar-refractivity contribution in [1.82, 2.24) is 0 Å². The number of rotatable bonds is 11. The van der Waals surface area contributed by atoms with E-state index in [4.69, 9.17) is 5.11 Å². The Kier molecular flexibility index (Phi) is 14.5. The molecule has 0 aromatic carbocycles. The van der Waals surface area contributed by atoms with E-state index in [1.807, 2.05) is 0 Å². The number of unbranched alkanes of at least 4 members (excludes halogenated alkanes) is 9. The van der Waals surface area contributed by atoms with Gasteiger partial charge in [0.2, 0.25) is 0 Å². The number of hydrogen-bond acceptors (Lipinski definition) is 1. The van der Waals surface area contributed by atoms with E-state index < -0.39 is 5.97 Å². The molecule has 0 aliphatic rings. The van der Waals surface area contributed by atoms with E-state index in [0.717, 1.165) is 38.5 Å². The van der Waals surface area contributed by atoms with Crippen molar-refractivity contribution < 1.29 is 9.90 Å². The summed E-state index contributed by atoms with van der Waals surface area (Å²) in [6.45, 7) is 2.17. The van der Waals surface area contributed by atoms with E-state index in [0.29, 0.717) is 6.42 Å². The van der Waals surface area contributed by atoms with Crippen LogP contribution < -0.4 is 0 Å². The molecular formula is C18H28O2. The zero-order valence-electron chi connectivity index (χ0n) is 12.8. The van der Waals surface area contributed by atoms with Crippen LogP contribution in [0.25, 0.3) is 0 Å². The molecule has 0 aliphatic heterocycles. The summed E-state index contributed by atoms with van der Waals surface area (Å²) in [5.74, 6) is 11.3. The maximum absolute atomic E-state index is 10.3. The van der Waals surface area contributed by atoms with Crippen molar-refractivity contribution in [1.29, 1.82) is 0 Å². The molecular weight excluding hydrogens is 248 g/mol. The van der Waals surface area contributed by atoms with Gasteiger partial charge in [-0.25, -0.2) is 0 Å². The third-order valence-electron chi connectivity index (χ3n) is 3.09. The smallest absolute Gasteiger partial charge is 0.303 e. The second kappa shape index (κ2) is 15.6. The quantitative estimate of drug-likeness (QED) is 0.435. The molecule has 0 saturated heterocycles. The van der Waals surface area contributed by atoms with E-state index in [-0.39, 0.29) is 0 Å². The lowest BCUT2D eigenvalue weighted by Crippen LogP contribution is -1.93. The summed E-state index contributed by atoms with van der Waals surface area (Å²) in [6, 6.07) is 0. The van der Waals surface area contributed by atoms with Gasteiger partial charge in [0.25, 0.3) is 0 Å². The predicted molar refractivity (Wildman–Crippen MR) is 84.3 cm³/mol. The summed E-state index contributed by atoms with van der Waals surface area (Å²) in [5, 5.41) is 8.49. The van der Waals surface area contributed by atoms with Crippen molar-refractivity contribution in [3.05, 3.63) is 0 Å². The predicted octanol–water partition coefficient (Wildman–Crippen LogP) is 4.78. The normalized spacial score (nSPS) is 9.25. The highest BCUT2D eigenvalue weighted by atomic mass is 16.4. The third kappa shape index (κ3) is 16.6. The minimum atomic E-state index is -0.679. The average Bonchev–Trinajstić information content (AvgIpc) is 2.43. The van der Waals surface area contributed by atoms with Crippen LogP contribution in [0.1, 0.15) is 84.0 Å². The molecule has 112 valence electrons. The van der Waals surface area contributed by atoms with E-state index >= 15 is 0 Å². The van der Waals surface area contributed by atoms with Crippen LogP contribution >= 0.6 is 0 Å². The van der Waals surface area contributed by atoms with Crippen LogP contribution in [0.4, 0.5) is 0 Å². The van der Waals surface area contributed by atoms with Crippen molar-refractivity contribution in [2.75, 3.05) is 0 Å². The molecule has 0 bridgehead atoms. The molecule has 0 heterocycles. The van der Waals surface area contributed by atoms with Crippen LogP contribution in [0, 0.1) is 23.7 Å². The average molecular weight is 276 g/mol. The fraction of sp³-hybridized carbons (Fsp3) is 0.722. The van der Waals surface area contributed by atoms with E-state index in [1.54, 1.807) is 0 Å². The largest absolute Gasteiger partial charge is 0.481 e. The number of carbonyl (C=O) groups is 1. The molecule has 0 aliphatic carbocycles. The molecule has 0 aromatic rings. The first-order chi connectivity index (χ1) is 9.77. The van der Waals surface area contributed by atoms with Crippen molar-refractivity contribution in [3.63, 3.8) is 0 Å². The highest BCUT2D eigenvalue weighted by Crippen LogP contribution is 2.09. The maximum Gasteiger partial charge on any atom is 0.303 e. The van der Waals surface area contributed by atoms with Crippen molar-refractivity contribution in [2.24, 2.45) is 0 Å². The van der Waals surface area contributed by atoms with Gasteiger partial charge in [0.1, 0.15) is 0 Å². The highest BCUT2D eigenvalue weighted by Gasteiger charge is 1.96. The molecule has 0 fully saturated rings. The fourth-order valence-corrected chi connectivity index (χ4v) is 1.85. The van der Waals surface area contributed by atoms with Crippen molar-refractivity contribution in [2.45, 2.75) is 84.0 Å². The van der Waals surface area contributed by atoms with Crippen LogP contribution in [0.5, 0.6) is 0 Å². The van der Waals surface area contributed by atoms with E-state index in [2.05, 4.69) is 30.6 Å². The van der Waals surface area contributed by atoms with Crippen molar-refractivity contribution in [3.8, 4) is 23.7 Å². The molecule has 0 amide bonds. The zero-order chi connectivity index (χ0) is 14.9. The Hall–Kier alpha value is -1.41. The van der Waals surface area contributed by atoms with Gasteiger partial charge in [-0.3, -0.25) is 4.79 Å². The maximum atomic E-state index is 10.3. The fourth-order valence-electron chi connectivity index (χ4n) is 1.85. The van der Waals surface area contributed by atoms with Gasteiger partial charge in [-0.15, -0.1) is 0 Å². The van der Waals surface area contributed by atoms with Crippen LogP contribution in [0.3, 0.4) is 0 Å². The molecule has 2 heteroatoms. The van der Waals surface area contributed by atoms with E-state index in [9.17, 15) is 4.79 Å². The van der Waals surface area contributed by atoms with E-state index in [1.165, 1.54) is 32.1 Å². The van der Waals surface area contributed by atoms with Gasteiger partial charge < -0.3 is 5.11 Å². The molecule has 20 heavy (non-hydrogen) atoms. The lowest BCUT2D eigenvalue weighted by atomic mass is 10.1. The second-order valence-corrected chi connectivity index (χ2v) is 5.08. The topological polar surface area (TPSA) is 37.3 Å². The monoisotopic (exact) mass is 276 g/mol. The van der Waals surface area contributed by atoms with Crippen LogP contribution in [0.2, 0.25) is 0 Å². The zero-order valence-corrected chi connectivity index (χ0v) is 12.8. The molecule has 2 nitrogen and oxygen atoms in total. The number of carboxylic acids is 1. The summed E-state index contributed by atoms with van der Waals surface area (Å²) in [6.07, 6.45) is 12.4. The minimum absolute atomic E-state index is 0.314. The molecule has 0 saturated carbocycles. The van der Waals surface area contributed by atoms with Gasteiger partial charge in [0.15, 0.2) is 0 Å². The van der Waals surface area contributed by atoms with Gasteiger partial charge in [0.05, 0.1) is 0 Å². The Morgan fingerprint density at radius 1 is 0.800 bits per heavy atom. The van der Waals surface area contributed by atoms with Gasteiger partial charge >= 0.3 is 5.97 Å². The summed E-state index contributed by atoms with van der Waals surface area (Å²) < 4.78 is 0. The number of carboxylic acid groups (broad SMARTS) is 1. The molecule has 1 N–H and O–H groups in total. The summed E-state index contributed by atoms with van der Waals surface area (Å²) in [4.78, 5) is 10.3. The summed E-state index contributed by atoms with van der Waals surface area (Å²) in [5.41, 5.74) is 0. The second-order valence-electron chi connectivity index (χ2n) is 5.08. The van der Waals surface area contributed by atoms with Gasteiger partial charge in [-0.05, 0) is 31.1 Å². The van der Waals surface area contributed by atoms with Gasteiger partial charge in [0, 0.05) is 19.3 Å². The molecule has 0 radical (unpaired) electrons. The Morgan fingerprint density at radius 2 is 1.30 bits per heavy atom. The Bertz CT molecular complexity index is 349. The lowest BCUT2D eigenvalue weighted by molar-refractivity contribution is -0.137. The molecule has 0 unspecified atom stereocenters. The Morgan fingerprint density at radius 3 is 1.85 bits per heavy atom. The highest BCUT2D eigenvalue weighted by molar-refractivity contribution is 5.66. The van der Waals surface area contributed by atoms with Crippen LogP contribution in [-0.4, -0.2) is 11.1 Å².